The van der Waals surface area contributed by atoms with E-state index < -0.39 is 0 Å². The Morgan fingerprint density at radius 2 is 1.97 bits per heavy atom. The van der Waals surface area contributed by atoms with Crippen molar-refractivity contribution in [2.45, 2.75) is 39.5 Å². The number of aromatic amines is 1. The molecule has 148 valence electrons. The number of carbonyl (C=O) groups excluding carboxylic acids is 1. The molecule has 0 aliphatic carbocycles. The second kappa shape index (κ2) is 6.76. The van der Waals surface area contributed by atoms with Crippen molar-refractivity contribution in [2.75, 3.05) is 13.1 Å². The van der Waals surface area contributed by atoms with E-state index in [1.807, 2.05) is 42.2 Å². The van der Waals surface area contributed by atoms with Gasteiger partial charge >= 0.3 is 0 Å². The number of carbonyl (C=O) groups is 1. The molecule has 1 saturated heterocycles. The van der Waals surface area contributed by atoms with E-state index in [0.717, 1.165) is 52.8 Å². The molecule has 0 spiro atoms. The molecule has 0 radical (unpaired) electrons. The molecule has 1 fully saturated rings. The molecule has 1 amide bonds. The number of imidazole rings is 1. The fourth-order valence-corrected chi connectivity index (χ4v) is 4.37. The standard InChI is InChI=1S/C24H25N3O2/c1-14-11-18-16(3)22(29-21(18)12-15(14)2)24(28)27-10-6-7-17(13-27)23-25-19-8-4-5-9-20(19)26-23/h4-5,8-9,11-12,17H,6-7,10,13H2,1-3H3,(H,25,26)/t17-/m1/s1. The lowest BCUT2D eigenvalue weighted by molar-refractivity contribution is 0.0674. The molecule has 5 rings (SSSR count). The average molecular weight is 387 g/mol. The molecule has 5 nitrogen and oxygen atoms in total. The zero-order chi connectivity index (χ0) is 20.1. The van der Waals surface area contributed by atoms with Gasteiger partial charge in [-0.2, -0.15) is 0 Å². The van der Waals surface area contributed by atoms with Gasteiger partial charge in [0.05, 0.1) is 11.0 Å². The number of amides is 1. The van der Waals surface area contributed by atoms with Gasteiger partial charge in [0, 0.05) is 30.0 Å². The molecular weight excluding hydrogens is 362 g/mol. The maximum absolute atomic E-state index is 13.3. The third-order valence-electron chi connectivity index (χ3n) is 6.25. The maximum Gasteiger partial charge on any atom is 0.289 e. The predicted molar refractivity (Wildman–Crippen MR) is 114 cm³/mol. The van der Waals surface area contributed by atoms with Crippen molar-refractivity contribution in [1.29, 1.82) is 0 Å². The van der Waals surface area contributed by atoms with Crippen LogP contribution in [0.15, 0.2) is 40.8 Å². The van der Waals surface area contributed by atoms with Gasteiger partial charge in [-0.3, -0.25) is 4.79 Å². The number of hydrogen-bond donors (Lipinski definition) is 1. The summed E-state index contributed by atoms with van der Waals surface area (Å²) in [4.78, 5) is 23.4. The Morgan fingerprint density at radius 3 is 2.79 bits per heavy atom. The number of aryl methyl sites for hydroxylation is 3. The summed E-state index contributed by atoms with van der Waals surface area (Å²) in [6.45, 7) is 7.55. The fourth-order valence-electron chi connectivity index (χ4n) is 4.37. The molecule has 1 aliphatic heterocycles. The van der Waals surface area contributed by atoms with E-state index in [2.05, 4.69) is 24.9 Å². The Morgan fingerprint density at radius 1 is 1.17 bits per heavy atom. The third-order valence-corrected chi connectivity index (χ3v) is 6.25. The number of H-pyrrole nitrogens is 1. The number of para-hydroxylation sites is 2. The van der Waals surface area contributed by atoms with Gasteiger partial charge in [-0.15, -0.1) is 0 Å². The molecule has 1 N–H and O–H groups in total. The van der Waals surface area contributed by atoms with Crippen LogP contribution >= 0.6 is 0 Å². The number of nitrogens with one attached hydrogen (secondary N) is 1. The summed E-state index contributed by atoms with van der Waals surface area (Å²) in [5.74, 6) is 1.63. The first kappa shape index (κ1) is 18.0. The predicted octanol–water partition coefficient (Wildman–Crippen LogP) is 5.25. The molecule has 0 unspecified atom stereocenters. The van der Waals surface area contributed by atoms with Crippen molar-refractivity contribution in [3.8, 4) is 0 Å². The van der Waals surface area contributed by atoms with Crippen LogP contribution in [0.4, 0.5) is 0 Å². The summed E-state index contributed by atoms with van der Waals surface area (Å²) < 4.78 is 6.02. The van der Waals surface area contributed by atoms with Crippen molar-refractivity contribution < 1.29 is 9.21 Å². The zero-order valence-electron chi connectivity index (χ0n) is 17.1. The average Bonchev–Trinajstić information content (AvgIpc) is 3.30. The maximum atomic E-state index is 13.3. The lowest BCUT2D eigenvalue weighted by atomic mass is 9.97. The Hall–Kier alpha value is -3.08. The summed E-state index contributed by atoms with van der Waals surface area (Å²) in [5.41, 5.74) is 6.13. The van der Waals surface area contributed by atoms with E-state index in [1.165, 1.54) is 11.1 Å². The van der Waals surface area contributed by atoms with Gasteiger partial charge in [-0.05, 0) is 69.0 Å². The molecule has 0 saturated carbocycles. The number of hydrogen-bond acceptors (Lipinski definition) is 3. The molecule has 4 aromatic rings. The number of piperidine rings is 1. The van der Waals surface area contributed by atoms with Crippen LogP contribution in [-0.2, 0) is 0 Å². The number of aromatic nitrogens is 2. The van der Waals surface area contributed by atoms with E-state index in [-0.39, 0.29) is 11.8 Å². The van der Waals surface area contributed by atoms with E-state index in [4.69, 9.17) is 9.40 Å². The Kier molecular flexibility index (Phi) is 4.19. The molecule has 0 bridgehead atoms. The molecule has 1 aliphatic rings. The number of rotatable bonds is 2. The monoisotopic (exact) mass is 387 g/mol. The number of furan rings is 1. The number of fused-ring (bicyclic) bond motifs is 2. The second-order valence-corrected chi connectivity index (χ2v) is 8.22. The largest absolute Gasteiger partial charge is 0.451 e. The van der Waals surface area contributed by atoms with Gasteiger partial charge in [0.25, 0.3) is 5.91 Å². The summed E-state index contributed by atoms with van der Waals surface area (Å²) in [7, 11) is 0. The Labute approximate surface area is 169 Å². The fraction of sp³-hybridized carbons (Fsp3) is 0.333. The highest BCUT2D eigenvalue weighted by Gasteiger charge is 2.30. The van der Waals surface area contributed by atoms with Crippen LogP contribution in [0, 0.1) is 20.8 Å². The van der Waals surface area contributed by atoms with Crippen molar-refractivity contribution in [3.63, 3.8) is 0 Å². The summed E-state index contributed by atoms with van der Waals surface area (Å²) in [5, 5.41) is 1.03. The molecule has 1 atom stereocenters. The zero-order valence-corrected chi connectivity index (χ0v) is 17.1. The van der Waals surface area contributed by atoms with Crippen LogP contribution in [0.5, 0.6) is 0 Å². The van der Waals surface area contributed by atoms with Crippen molar-refractivity contribution in [2.24, 2.45) is 0 Å². The molecule has 3 heterocycles. The van der Waals surface area contributed by atoms with Crippen molar-refractivity contribution in [3.05, 3.63) is 64.7 Å². The molecule has 29 heavy (non-hydrogen) atoms. The minimum Gasteiger partial charge on any atom is -0.451 e. The first-order valence-electron chi connectivity index (χ1n) is 10.3. The lowest BCUT2D eigenvalue weighted by Gasteiger charge is -2.31. The van der Waals surface area contributed by atoms with Gasteiger partial charge in [-0.25, -0.2) is 4.98 Å². The highest BCUT2D eigenvalue weighted by atomic mass is 16.3. The Balaban J connectivity index is 1.44. The van der Waals surface area contributed by atoms with Gasteiger partial charge in [0.1, 0.15) is 11.4 Å². The summed E-state index contributed by atoms with van der Waals surface area (Å²) >= 11 is 0. The van der Waals surface area contributed by atoms with Crippen molar-refractivity contribution >= 4 is 27.9 Å². The van der Waals surface area contributed by atoms with Crippen LogP contribution in [-0.4, -0.2) is 33.9 Å². The van der Waals surface area contributed by atoms with Crippen LogP contribution in [0.2, 0.25) is 0 Å². The number of nitrogens with zero attached hydrogens (tertiary/aromatic N) is 2. The Bertz CT molecular complexity index is 1200. The topological polar surface area (TPSA) is 62.1 Å². The lowest BCUT2D eigenvalue weighted by Crippen LogP contribution is -2.39. The van der Waals surface area contributed by atoms with E-state index in [0.29, 0.717) is 12.3 Å². The summed E-state index contributed by atoms with van der Waals surface area (Å²) in [6, 6.07) is 12.2. The van der Waals surface area contributed by atoms with Crippen molar-refractivity contribution in [1.82, 2.24) is 14.9 Å². The summed E-state index contributed by atoms with van der Waals surface area (Å²) in [6.07, 6.45) is 1.99. The third kappa shape index (κ3) is 3.01. The van der Waals surface area contributed by atoms with E-state index in [9.17, 15) is 4.79 Å². The van der Waals surface area contributed by atoms with Gasteiger partial charge < -0.3 is 14.3 Å². The molecule has 5 heteroatoms. The molecule has 2 aromatic heterocycles. The van der Waals surface area contributed by atoms with Gasteiger partial charge in [-0.1, -0.05) is 12.1 Å². The van der Waals surface area contributed by atoms with Crippen LogP contribution in [0.1, 0.15) is 51.8 Å². The SMILES string of the molecule is Cc1cc2oc(C(=O)N3CCC[C@@H](c4nc5ccccc5[nH]4)C3)c(C)c2cc1C. The van der Waals surface area contributed by atoms with Gasteiger partial charge in [0.15, 0.2) is 5.76 Å². The first-order chi connectivity index (χ1) is 14.0. The highest BCUT2D eigenvalue weighted by Crippen LogP contribution is 2.31. The molecule has 2 aromatic carbocycles. The van der Waals surface area contributed by atoms with Gasteiger partial charge in [0.2, 0.25) is 0 Å². The highest BCUT2D eigenvalue weighted by molar-refractivity contribution is 5.99. The van der Waals surface area contributed by atoms with Crippen LogP contribution < -0.4 is 0 Å². The minimum atomic E-state index is -0.0187. The van der Waals surface area contributed by atoms with Crippen LogP contribution in [0.25, 0.3) is 22.0 Å². The quantitative estimate of drug-likeness (QED) is 0.511. The smallest absolute Gasteiger partial charge is 0.289 e. The van der Waals surface area contributed by atoms with E-state index in [1.54, 1.807) is 0 Å². The molecular formula is C24H25N3O2. The minimum absolute atomic E-state index is 0.0187. The van der Waals surface area contributed by atoms with Crippen LogP contribution in [0.3, 0.4) is 0 Å². The first-order valence-corrected chi connectivity index (χ1v) is 10.3. The number of benzene rings is 2. The normalized spacial score (nSPS) is 17.3. The second-order valence-electron chi connectivity index (χ2n) is 8.22. The van der Waals surface area contributed by atoms with E-state index >= 15 is 0 Å². The number of likely N-dealkylation sites (tertiary alicyclic amines) is 1.